The van der Waals surface area contributed by atoms with Crippen molar-refractivity contribution in [2.75, 3.05) is 12.5 Å². The number of hydrogen-bond donors (Lipinski definition) is 0. The van der Waals surface area contributed by atoms with Crippen molar-refractivity contribution in [3.63, 3.8) is 0 Å². The van der Waals surface area contributed by atoms with Crippen molar-refractivity contribution in [1.82, 2.24) is 0 Å². The molecule has 0 N–H and O–H groups in total. The Labute approximate surface area is 162 Å². The van der Waals surface area contributed by atoms with E-state index in [1.807, 2.05) is 12.1 Å². The van der Waals surface area contributed by atoms with E-state index in [-0.39, 0.29) is 5.43 Å². The molecule has 0 aliphatic heterocycles. The van der Waals surface area contributed by atoms with Crippen LogP contribution >= 0.6 is 11.3 Å². The number of hydrogen-bond acceptors (Lipinski definition) is 6. The maximum absolute atomic E-state index is 13.0. The molecule has 3 rings (SSSR count). The van der Waals surface area contributed by atoms with Crippen LogP contribution in [0.15, 0.2) is 41.2 Å². The fourth-order valence-electron chi connectivity index (χ4n) is 2.97. The van der Waals surface area contributed by atoms with Crippen molar-refractivity contribution in [2.45, 2.75) is 24.3 Å². The van der Waals surface area contributed by atoms with Gasteiger partial charge in [0.15, 0.2) is 25.1 Å². The van der Waals surface area contributed by atoms with Crippen LogP contribution in [0.5, 0.6) is 0 Å². The van der Waals surface area contributed by atoms with Crippen LogP contribution in [0, 0.1) is 0 Å². The van der Waals surface area contributed by atoms with Gasteiger partial charge in [0, 0.05) is 32.7 Å². The lowest BCUT2D eigenvalue weighted by atomic mass is 10.0. The van der Waals surface area contributed by atoms with Crippen molar-refractivity contribution >= 4 is 51.2 Å². The predicted molar refractivity (Wildman–Crippen MR) is 112 cm³/mol. The molecule has 5 nitrogen and oxygen atoms in total. The maximum atomic E-state index is 13.0. The summed E-state index contributed by atoms with van der Waals surface area (Å²) in [4.78, 5) is 13.0. The van der Waals surface area contributed by atoms with Gasteiger partial charge >= 0.3 is 0 Å². The Hall–Kier alpha value is -1.77. The minimum Gasteiger partial charge on any atom is -0.289 e. The Kier molecular flexibility index (Phi) is 4.95. The van der Waals surface area contributed by atoms with E-state index in [2.05, 4.69) is 0 Å². The first-order valence-corrected chi connectivity index (χ1v) is 13.0. The highest BCUT2D eigenvalue weighted by atomic mass is 32.2. The van der Waals surface area contributed by atoms with Gasteiger partial charge in [-0.15, -0.1) is 11.3 Å². The maximum Gasteiger partial charge on any atom is 0.195 e. The average Bonchev–Trinajstić information content (AvgIpc) is 2.58. The first kappa shape index (κ1) is 20.0. The van der Waals surface area contributed by atoms with Gasteiger partial charge in [-0.2, -0.15) is 0 Å². The van der Waals surface area contributed by atoms with Crippen molar-refractivity contribution < 1.29 is 16.8 Å². The normalized spacial score (nSPS) is 15.1. The monoisotopic (exact) mass is 424 g/mol. The molecule has 2 atom stereocenters. The van der Waals surface area contributed by atoms with Crippen LogP contribution in [0.2, 0.25) is 0 Å². The van der Waals surface area contributed by atoms with Gasteiger partial charge in [-0.1, -0.05) is 18.2 Å². The molecule has 2 aromatic carbocycles. The molecule has 3 aromatic rings. The molecule has 0 saturated carbocycles. The van der Waals surface area contributed by atoms with Gasteiger partial charge in [0.25, 0.3) is 0 Å². The average molecular weight is 425 g/mol. The third-order valence-electron chi connectivity index (χ3n) is 4.92. The van der Waals surface area contributed by atoms with Crippen molar-refractivity contribution in [1.29, 1.82) is 0 Å². The van der Waals surface area contributed by atoms with Crippen LogP contribution in [-0.4, -0.2) is 29.3 Å². The fourth-order valence-corrected chi connectivity index (χ4v) is 5.57. The lowest BCUT2D eigenvalue weighted by Gasteiger charge is -2.17. The van der Waals surface area contributed by atoms with Crippen molar-refractivity contribution in [3.8, 4) is 0 Å². The molecule has 0 aliphatic carbocycles. The molecule has 0 bridgehead atoms. The van der Waals surface area contributed by atoms with E-state index in [1.54, 1.807) is 38.1 Å². The Morgan fingerprint density at radius 2 is 1.44 bits per heavy atom. The summed E-state index contributed by atoms with van der Waals surface area (Å²) in [5, 5.41) is -0.805. The molecule has 1 heterocycles. The SMILES string of the molecule is CC(c1cc(C(C)S(C)(=O)=O)c2sc3ccccc3c(=O)c2c1)S(C)(=O)=O. The molecule has 0 spiro atoms. The largest absolute Gasteiger partial charge is 0.289 e. The van der Waals surface area contributed by atoms with Gasteiger partial charge in [-0.25, -0.2) is 16.8 Å². The quantitative estimate of drug-likeness (QED) is 0.597. The summed E-state index contributed by atoms with van der Waals surface area (Å²) < 4.78 is 49.9. The molecule has 1 aromatic heterocycles. The summed E-state index contributed by atoms with van der Waals surface area (Å²) in [7, 11) is -6.84. The molecule has 27 heavy (non-hydrogen) atoms. The van der Waals surface area contributed by atoms with E-state index in [1.165, 1.54) is 11.3 Å². The van der Waals surface area contributed by atoms with Crippen molar-refractivity contribution in [3.05, 3.63) is 57.7 Å². The molecular weight excluding hydrogens is 404 g/mol. The number of rotatable bonds is 4. The highest BCUT2D eigenvalue weighted by Gasteiger charge is 2.25. The van der Waals surface area contributed by atoms with Gasteiger partial charge in [-0.3, -0.25) is 4.79 Å². The Morgan fingerprint density at radius 1 is 0.852 bits per heavy atom. The Morgan fingerprint density at radius 3 is 2.04 bits per heavy atom. The number of fused-ring (bicyclic) bond motifs is 2. The van der Waals surface area contributed by atoms with Crippen LogP contribution in [0.1, 0.15) is 35.5 Å². The zero-order valence-electron chi connectivity index (χ0n) is 15.4. The first-order chi connectivity index (χ1) is 12.4. The number of sulfone groups is 2. The van der Waals surface area contributed by atoms with Gasteiger partial charge < -0.3 is 0 Å². The Balaban J connectivity index is 2.51. The molecular formula is C19H20O5S3. The highest BCUT2D eigenvalue weighted by Crippen LogP contribution is 2.36. The van der Waals surface area contributed by atoms with E-state index < -0.39 is 30.2 Å². The summed E-state index contributed by atoms with van der Waals surface area (Å²) >= 11 is 1.35. The first-order valence-electron chi connectivity index (χ1n) is 8.28. The topological polar surface area (TPSA) is 85.3 Å². The minimum atomic E-state index is -3.44. The molecule has 0 aliphatic rings. The summed E-state index contributed by atoms with van der Waals surface area (Å²) in [6.07, 6.45) is 2.27. The molecule has 0 saturated heterocycles. The summed E-state index contributed by atoms with van der Waals surface area (Å²) in [5.41, 5.74) is 0.673. The van der Waals surface area contributed by atoms with E-state index in [9.17, 15) is 21.6 Å². The second-order valence-corrected chi connectivity index (χ2v) is 12.6. The van der Waals surface area contributed by atoms with Crippen LogP contribution in [0.4, 0.5) is 0 Å². The zero-order valence-corrected chi connectivity index (χ0v) is 17.8. The van der Waals surface area contributed by atoms with Crippen LogP contribution in [0.3, 0.4) is 0 Å². The minimum absolute atomic E-state index is 0.219. The molecule has 144 valence electrons. The van der Waals surface area contributed by atoms with E-state index in [0.717, 1.165) is 17.2 Å². The second-order valence-electron chi connectivity index (χ2n) is 6.86. The summed E-state index contributed by atoms with van der Waals surface area (Å²) in [6, 6.07) is 10.3. The van der Waals surface area contributed by atoms with Gasteiger partial charge in [0.2, 0.25) is 0 Å². The molecule has 0 radical (unpaired) electrons. The summed E-state index contributed by atoms with van der Waals surface area (Å²) in [6.45, 7) is 3.10. The smallest absolute Gasteiger partial charge is 0.195 e. The molecule has 0 amide bonds. The van der Waals surface area contributed by atoms with Crippen molar-refractivity contribution in [2.24, 2.45) is 0 Å². The molecule has 0 fully saturated rings. The fraction of sp³-hybridized carbons (Fsp3) is 0.316. The standard InChI is InChI=1S/C19H20O5S3/c1-11(26(3,21)22)13-9-15(12(2)27(4,23)24)19-16(10-13)18(20)14-7-5-6-8-17(14)25-19/h5-12H,1-4H3. The molecule has 2 unspecified atom stereocenters. The second kappa shape index (κ2) is 6.68. The predicted octanol–water partition coefficient (Wildman–Crippen LogP) is 3.63. The third kappa shape index (κ3) is 3.66. The van der Waals surface area contributed by atoms with Crippen LogP contribution in [-0.2, 0) is 19.7 Å². The van der Waals surface area contributed by atoms with E-state index in [0.29, 0.717) is 26.6 Å². The van der Waals surface area contributed by atoms with Gasteiger partial charge in [0.05, 0.1) is 10.5 Å². The van der Waals surface area contributed by atoms with E-state index in [4.69, 9.17) is 0 Å². The molecule has 8 heteroatoms. The highest BCUT2D eigenvalue weighted by molar-refractivity contribution is 7.91. The number of benzene rings is 2. The lowest BCUT2D eigenvalue weighted by Crippen LogP contribution is -2.13. The lowest BCUT2D eigenvalue weighted by molar-refractivity contribution is 0.592. The van der Waals surface area contributed by atoms with Crippen LogP contribution in [0.25, 0.3) is 20.2 Å². The summed E-state index contributed by atoms with van der Waals surface area (Å²) in [5.74, 6) is 0. The van der Waals surface area contributed by atoms with Crippen LogP contribution < -0.4 is 5.43 Å². The zero-order chi connectivity index (χ0) is 20.1. The third-order valence-corrected chi connectivity index (χ3v) is 9.25. The Bertz CT molecular complexity index is 1320. The van der Waals surface area contributed by atoms with E-state index >= 15 is 0 Å². The van der Waals surface area contributed by atoms with Gasteiger partial charge in [-0.05, 0) is 43.2 Å². The van der Waals surface area contributed by atoms with Gasteiger partial charge in [0.1, 0.15) is 0 Å².